The SMILES string of the molecule is C=Cc1ccccc1C(CCc1ccc(F)cc1)NC(=O)c1ccccc1. The van der Waals surface area contributed by atoms with Gasteiger partial charge in [0.25, 0.3) is 5.91 Å². The molecule has 0 radical (unpaired) electrons. The molecule has 0 aromatic heterocycles. The standard InChI is InChI=1S/C24H22FNO/c1-2-19-8-6-7-11-22(19)23(17-14-18-12-15-21(25)16-13-18)26-24(27)20-9-4-3-5-10-20/h2-13,15-16,23H,1,14,17H2,(H,26,27). The third kappa shape index (κ3) is 4.91. The third-order valence-corrected chi connectivity index (χ3v) is 4.57. The first-order valence-corrected chi connectivity index (χ1v) is 8.99. The molecule has 0 saturated carbocycles. The molecule has 3 aromatic carbocycles. The van der Waals surface area contributed by atoms with Gasteiger partial charge in [-0.3, -0.25) is 4.79 Å². The van der Waals surface area contributed by atoms with Crippen LogP contribution >= 0.6 is 0 Å². The van der Waals surface area contributed by atoms with Crippen LogP contribution in [0.4, 0.5) is 4.39 Å². The van der Waals surface area contributed by atoms with E-state index >= 15 is 0 Å². The largest absolute Gasteiger partial charge is 0.345 e. The van der Waals surface area contributed by atoms with E-state index in [2.05, 4.69) is 11.9 Å². The van der Waals surface area contributed by atoms with Gasteiger partial charge in [0.1, 0.15) is 5.82 Å². The summed E-state index contributed by atoms with van der Waals surface area (Å²) in [6.45, 7) is 3.88. The molecule has 27 heavy (non-hydrogen) atoms. The number of hydrogen-bond donors (Lipinski definition) is 1. The predicted octanol–water partition coefficient (Wildman–Crippen LogP) is 5.57. The molecule has 0 aliphatic rings. The second-order valence-electron chi connectivity index (χ2n) is 6.39. The molecule has 0 saturated heterocycles. The molecule has 3 aromatic rings. The van der Waals surface area contributed by atoms with Crippen LogP contribution < -0.4 is 5.32 Å². The lowest BCUT2D eigenvalue weighted by atomic mass is 9.94. The Morgan fingerprint density at radius 1 is 0.963 bits per heavy atom. The zero-order valence-electron chi connectivity index (χ0n) is 15.1. The zero-order chi connectivity index (χ0) is 19.1. The molecule has 0 aliphatic heterocycles. The van der Waals surface area contributed by atoms with Crippen LogP contribution in [0.25, 0.3) is 6.08 Å². The molecule has 136 valence electrons. The molecule has 0 fully saturated rings. The van der Waals surface area contributed by atoms with Crippen molar-refractivity contribution < 1.29 is 9.18 Å². The van der Waals surface area contributed by atoms with E-state index in [1.54, 1.807) is 30.3 Å². The minimum absolute atomic E-state index is 0.112. The average molecular weight is 359 g/mol. The fourth-order valence-electron chi connectivity index (χ4n) is 3.11. The highest BCUT2D eigenvalue weighted by Gasteiger charge is 2.18. The lowest BCUT2D eigenvalue weighted by molar-refractivity contribution is 0.0934. The van der Waals surface area contributed by atoms with Gasteiger partial charge in [-0.05, 0) is 53.8 Å². The second kappa shape index (κ2) is 8.95. The number of nitrogens with one attached hydrogen (secondary N) is 1. The summed E-state index contributed by atoms with van der Waals surface area (Å²) in [4.78, 5) is 12.7. The number of carbonyl (C=O) groups is 1. The highest BCUT2D eigenvalue weighted by molar-refractivity contribution is 5.94. The smallest absolute Gasteiger partial charge is 0.251 e. The van der Waals surface area contributed by atoms with Crippen LogP contribution in [-0.2, 0) is 6.42 Å². The van der Waals surface area contributed by atoms with Gasteiger partial charge >= 0.3 is 0 Å². The summed E-state index contributed by atoms with van der Waals surface area (Å²) in [5.74, 6) is -0.358. The van der Waals surface area contributed by atoms with E-state index < -0.39 is 0 Å². The fraction of sp³-hybridized carbons (Fsp3) is 0.125. The number of rotatable bonds is 7. The second-order valence-corrected chi connectivity index (χ2v) is 6.39. The van der Waals surface area contributed by atoms with Crippen molar-refractivity contribution in [2.24, 2.45) is 0 Å². The molecular formula is C24H22FNO. The summed E-state index contributed by atoms with van der Waals surface area (Å²) >= 11 is 0. The van der Waals surface area contributed by atoms with Gasteiger partial charge in [0.15, 0.2) is 0 Å². The van der Waals surface area contributed by atoms with Crippen molar-refractivity contribution in [2.45, 2.75) is 18.9 Å². The van der Waals surface area contributed by atoms with Crippen molar-refractivity contribution in [1.82, 2.24) is 5.32 Å². The van der Waals surface area contributed by atoms with Crippen molar-refractivity contribution in [3.05, 3.63) is 114 Å². The van der Waals surface area contributed by atoms with E-state index in [0.717, 1.165) is 23.1 Å². The molecule has 2 nitrogen and oxygen atoms in total. The van der Waals surface area contributed by atoms with Crippen LogP contribution in [0.1, 0.15) is 39.5 Å². The Hall–Kier alpha value is -3.20. The molecule has 1 amide bonds. The summed E-state index contributed by atoms with van der Waals surface area (Å²) in [6, 6.07) is 23.4. The minimum Gasteiger partial charge on any atom is -0.345 e. The van der Waals surface area contributed by atoms with Crippen LogP contribution in [0.5, 0.6) is 0 Å². The Morgan fingerprint density at radius 3 is 2.33 bits per heavy atom. The number of halogens is 1. The Bertz CT molecular complexity index is 903. The van der Waals surface area contributed by atoms with Crippen LogP contribution in [0, 0.1) is 5.82 Å². The summed E-state index contributed by atoms with van der Waals surface area (Å²) in [6.07, 6.45) is 3.23. The molecule has 0 spiro atoms. The van der Waals surface area contributed by atoms with Gasteiger partial charge < -0.3 is 5.32 Å². The van der Waals surface area contributed by atoms with E-state index in [1.807, 2.05) is 42.5 Å². The minimum atomic E-state index is -0.246. The van der Waals surface area contributed by atoms with Crippen LogP contribution in [0.2, 0.25) is 0 Å². The first kappa shape index (κ1) is 18.6. The highest BCUT2D eigenvalue weighted by atomic mass is 19.1. The molecule has 1 unspecified atom stereocenters. The number of aryl methyl sites for hydroxylation is 1. The molecular weight excluding hydrogens is 337 g/mol. The van der Waals surface area contributed by atoms with Gasteiger partial charge in [-0.1, -0.05) is 67.3 Å². The summed E-state index contributed by atoms with van der Waals surface area (Å²) < 4.78 is 13.1. The maximum absolute atomic E-state index is 13.1. The first-order valence-electron chi connectivity index (χ1n) is 8.99. The monoisotopic (exact) mass is 359 g/mol. The van der Waals surface area contributed by atoms with Gasteiger partial charge in [-0.25, -0.2) is 4.39 Å². The van der Waals surface area contributed by atoms with Crippen LogP contribution in [-0.4, -0.2) is 5.91 Å². The summed E-state index contributed by atoms with van der Waals surface area (Å²) in [7, 11) is 0. The number of carbonyl (C=O) groups excluding carboxylic acids is 1. The Morgan fingerprint density at radius 2 is 1.63 bits per heavy atom. The topological polar surface area (TPSA) is 29.1 Å². The maximum Gasteiger partial charge on any atom is 0.251 e. The van der Waals surface area contributed by atoms with E-state index in [9.17, 15) is 9.18 Å². The van der Waals surface area contributed by atoms with E-state index in [4.69, 9.17) is 0 Å². The predicted molar refractivity (Wildman–Crippen MR) is 108 cm³/mol. The van der Waals surface area contributed by atoms with Crippen molar-refractivity contribution in [3.63, 3.8) is 0 Å². The zero-order valence-corrected chi connectivity index (χ0v) is 15.1. The Balaban J connectivity index is 1.83. The third-order valence-electron chi connectivity index (χ3n) is 4.57. The fourth-order valence-corrected chi connectivity index (χ4v) is 3.11. The van der Waals surface area contributed by atoms with Gasteiger partial charge in [0.05, 0.1) is 6.04 Å². The van der Waals surface area contributed by atoms with Crippen molar-refractivity contribution in [1.29, 1.82) is 0 Å². The van der Waals surface area contributed by atoms with Crippen LogP contribution in [0.3, 0.4) is 0 Å². The molecule has 0 bridgehead atoms. The van der Waals surface area contributed by atoms with E-state index in [0.29, 0.717) is 12.0 Å². The lowest BCUT2D eigenvalue weighted by Crippen LogP contribution is -2.29. The average Bonchev–Trinajstić information content (AvgIpc) is 2.72. The van der Waals surface area contributed by atoms with E-state index in [1.165, 1.54) is 12.1 Å². The summed E-state index contributed by atoms with van der Waals surface area (Å²) in [5.41, 5.74) is 3.68. The maximum atomic E-state index is 13.1. The van der Waals surface area contributed by atoms with Gasteiger partial charge in [-0.2, -0.15) is 0 Å². The van der Waals surface area contributed by atoms with Crippen molar-refractivity contribution >= 4 is 12.0 Å². The lowest BCUT2D eigenvalue weighted by Gasteiger charge is -2.21. The van der Waals surface area contributed by atoms with Gasteiger partial charge in [0.2, 0.25) is 0 Å². The number of amides is 1. The quantitative estimate of drug-likeness (QED) is 0.587. The highest BCUT2D eigenvalue weighted by Crippen LogP contribution is 2.24. The molecule has 0 heterocycles. The van der Waals surface area contributed by atoms with Gasteiger partial charge in [-0.15, -0.1) is 0 Å². The first-order chi connectivity index (χ1) is 13.2. The normalized spacial score (nSPS) is 11.6. The number of benzene rings is 3. The molecule has 3 heteroatoms. The van der Waals surface area contributed by atoms with Gasteiger partial charge in [0, 0.05) is 5.56 Å². The number of hydrogen-bond acceptors (Lipinski definition) is 1. The van der Waals surface area contributed by atoms with Crippen molar-refractivity contribution in [3.8, 4) is 0 Å². The Kier molecular flexibility index (Phi) is 6.16. The van der Waals surface area contributed by atoms with Crippen LogP contribution in [0.15, 0.2) is 85.4 Å². The Labute approximate surface area is 159 Å². The molecule has 1 atom stereocenters. The molecule has 1 N–H and O–H groups in total. The summed E-state index contributed by atoms with van der Waals surface area (Å²) in [5, 5.41) is 3.15. The van der Waals surface area contributed by atoms with Crippen molar-refractivity contribution in [2.75, 3.05) is 0 Å². The van der Waals surface area contributed by atoms with E-state index in [-0.39, 0.29) is 17.8 Å². The molecule has 0 aliphatic carbocycles. The molecule has 3 rings (SSSR count).